The molecular formula is C72H67NO. The Morgan fingerprint density at radius 3 is 1.08 bits per heavy atom. The fourth-order valence-corrected chi connectivity index (χ4v) is 13.3. The summed E-state index contributed by atoms with van der Waals surface area (Å²) >= 11 is 0. The van der Waals surface area contributed by atoms with Crippen molar-refractivity contribution in [2.24, 2.45) is 0 Å². The first kappa shape index (κ1) is 46.4. The normalized spacial score (nSPS) is 15.1. The summed E-state index contributed by atoms with van der Waals surface area (Å²) in [4.78, 5) is 2.49. The minimum absolute atomic E-state index is 0.0362. The Balaban J connectivity index is 1.10. The first-order chi connectivity index (χ1) is 35.2. The number of benzene rings is 9. The minimum Gasteiger partial charge on any atom is -0.457 e. The third-order valence-corrected chi connectivity index (χ3v) is 17.2. The quantitative estimate of drug-likeness (QED) is 0.175. The van der Waals surface area contributed by atoms with Crippen LogP contribution in [0.25, 0.3) is 33.4 Å². The van der Waals surface area contributed by atoms with Crippen LogP contribution in [0.4, 0.5) is 17.1 Å². The van der Waals surface area contributed by atoms with E-state index >= 15 is 0 Å². The second kappa shape index (κ2) is 15.6. The maximum absolute atomic E-state index is 7.11. The maximum atomic E-state index is 7.11. The van der Waals surface area contributed by atoms with Crippen LogP contribution in [0.5, 0.6) is 11.5 Å². The Labute approximate surface area is 439 Å². The van der Waals surface area contributed by atoms with Crippen molar-refractivity contribution in [1.82, 2.24) is 0 Å². The van der Waals surface area contributed by atoms with Crippen LogP contribution in [0.15, 0.2) is 188 Å². The number of hydrogen-bond donors (Lipinski definition) is 0. The molecule has 9 aromatic rings. The van der Waals surface area contributed by atoms with E-state index in [0.29, 0.717) is 0 Å². The summed E-state index contributed by atoms with van der Waals surface area (Å²) in [7, 11) is 0. The fourth-order valence-electron chi connectivity index (χ4n) is 13.3. The molecule has 2 heteroatoms. The van der Waals surface area contributed by atoms with Crippen molar-refractivity contribution < 1.29 is 4.74 Å². The molecule has 0 saturated carbocycles. The fraction of sp³-hybridized carbons (Fsp3) is 0.250. The zero-order valence-electron chi connectivity index (χ0n) is 45.3. The highest BCUT2D eigenvalue weighted by Gasteiger charge is 2.54. The molecule has 0 radical (unpaired) electrons. The van der Waals surface area contributed by atoms with Gasteiger partial charge in [-0.2, -0.15) is 0 Å². The molecule has 3 aliphatic carbocycles. The van der Waals surface area contributed by atoms with Crippen molar-refractivity contribution >= 4 is 17.1 Å². The van der Waals surface area contributed by atoms with Crippen LogP contribution in [0.1, 0.15) is 150 Å². The molecule has 9 aromatic carbocycles. The summed E-state index contributed by atoms with van der Waals surface area (Å²) in [5, 5.41) is 0. The number of nitrogens with zero attached hydrogens (tertiary/aromatic N) is 1. The van der Waals surface area contributed by atoms with E-state index < -0.39 is 10.8 Å². The first-order valence-electron chi connectivity index (χ1n) is 26.8. The molecule has 74 heavy (non-hydrogen) atoms. The number of fused-ring (bicyclic) bond motifs is 19. The van der Waals surface area contributed by atoms with E-state index in [1.165, 1.54) is 94.6 Å². The van der Waals surface area contributed by atoms with Gasteiger partial charge in [-0.25, -0.2) is 0 Å². The van der Waals surface area contributed by atoms with Gasteiger partial charge in [0.05, 0.1) is 10.8 Å². The first-order valence-corrected chi connectivity index (χ1v) is 26.8. The largest absolute Gasteiger partial charge is 0.457 e. The van der Waals surface area contributed by atoms with Gasteiger partial charge in [-0.15, -0.1) is 0 Å². The van der Waals surface area contributed by atoms with Crippen LogP contribution in [0.2, 0.25) is 0 Å². The SMILES string of the molecule is CC(C)(C)c1ccc2c(c1)C1(c3ccccc3Oc3ccc(N(c4ccccc4)c4ccc5c(c4)C4(c6ccccc6-5)c5cc(C(C)(C)C)ccc5-c5ccc(C(C)(C)C)cc54)cc31)c1cc(C(C)(C)C)ccc1-2. The van der Waals surface area contributed by atoms with E-state index in [9.17, 15) is 0 Å². The van der Waals surface area contributed by atoms with Gasteiger partial charge in [0.15, 0.2) is 0 Å². The average molecular weight is 962 g/mol. The van der Waals surface area contributed by atoms with E-state index in [0.717, 1.165) is 34.1 Å². The molecule has 0 bridgehead atoms. The van der Waals surface area contributed by atoms with Crippen molar-refractivity contribution in [2.75, 3.05) is 4.90 Å². The highest BCUT2D eigenvalue weighted by atomic mass is 16.5. The number of ether oxygens (including phenoxy) is 1. The van der Waals surface area contributed by atoms with Gasteiger partial charge in [0.2, 0.25) is 0 Å². The summed E-state index contributed by atoms with van der Waals surface area (Å²) in [6, 6.07) is 72.5. The Morgan fingerprint density at radius 2 is 0.608 bits per heavy atom. The molecule has 1 aliphatic heterocycles. The molecule has 0 unspecified atom stereocenters. The number of rotatable bonds is 3. The molecule has 13 rings (SSSR count). The van der Waals surface area contributed by atoms with Crippen LogP contribution in [-0.2, 0) is 32.5 Å². The molecule has 0 N–H and O–H groups in total. The molecule has 0 amide bonds. The van der Waals surface area contributed by atoms with Crippen LogP contribution < -0.4 is 9.64 Å². The molecule has 2 spiro atoms. The van der Waals surface area contributed by atoms with Gasteiger partial charge in [-0.1, -0.05) is 223 Å². The van der Waals surface area contributed by atoms with Gasteiger partial charge in [0.1, 0.15) is 11.5 Å². The van der Waals surface area contributed by atoms with Crippen molar-refractivity contribution in [1.29, 1.82) is 0 Å². The molecule has 366 valence electrons. The van der Waals surface area contributed by atoms with E-state index in [2.05, 4.69) is 276 Å². The highest BCUT2D eigenvalue weighted by molar-refractivity contribution is 5.97. The van der Waals surface area contributed by atoms with Crippen LogP contribution >= 0.6 is 0 Å². The lowest BCUT2D eigenvalue weighted by Gasteiger charge is -2.41. The minimum atomic E-state index is -0.661. The Kier molecular flexibility index (Phi) is 9.75. The van der Waals surface area contributed by atoms with E-state index in [4.69, 9.17) is 4.74 Å². The predicted molar refractivity (Wildman–Crippen MR) is 310 cm³/mol. The summed E-state index contributed by atoms with van der Waals surface area (Å²) in [6.45, 7) is 28.0. The predicted octanol–water partition coefficient (Wildman–Crippen LogP) is 19.2. The molecule has 2 nitrogen and oxygen atoms in total. The topological polar surface area (TPSA) is 12.5 Å². The lowest BCUT2D eigenvalue weighted by molar-refractivity contribution is 0.436. The van der Waals surface area contributed by atoms with E-state index in [1.54, 1.807) is 0 Å². The summed E-state index contributed by atoms with van der Waals surface area (Å²) in [6.07, 6.45) is 0. The average Bonchev–Trinajstić information content (AvgIpc) is 3.95. The lowest BCUT2D eigenvalue weighted by Crippen LogP contribution is -2.33. The van der Waals surface area contributed by atoms with Gasteiger partial charge < -0.3 is 9.64 Å². The molecule has 0 fully saturated rings. The smallest absolute Gasteiger partial charge is 0.132 e. The van der Waals surface area contributed by atoms with E-state index in [-0.39, 0.29) is 21.7 Å². The third kappa shape index (κ3) is 6.49. The van der Waals surface area contributed by atoms with E-state index in [1.807, 2.05) is 0 Å². The number of anilines is 3. The van der Waals surface area contributed by atoms with Crippen LogP contribution in [0, 0.1) is 0 Å². The summed E-state index contributed by atoms with van der Waals surface area (Å²) in [5.41, 5.74) is 25.4. The van der Waals surface area contributed by atoms with Crippen molar-refractivity contribution in [3.8, 4) is 44.9 Å². The molecule has 0 atom stereocenters. The van der Waals surface area contributed by atoms with Gasteiger partial charge in [0, 0.05) is 28.2 Å². The van der Waals surface area contributed by atoms with Crippen molar-refractivity contribution in [2.45, 2.75) is 116 Å². The second-order valence-electron chi connectivity index (χ2n) is 25.8. The molecular weight excluding hydrogens is 895 g/mol. The number of hydrogen-bond acceptors (Lipinski definition) is 2. The molecule has 0 aromatic heterocycles. The monoisotopic (exact) mass is 962 g/mol. The Morgan fingerprint density at radius 1 is 0.270 bits per heavy atom. The standard InChI is InChI=1S/C72H67NO/c1-67(2,3)44-26-32-52-53-33-27-45(68(4,5)6)39-60(53)71(59(52)38-44)57-23-17-16-22-51(57)56-36-30-49(42-63(56)71)73(48-20-14-13-15-21-48)50-31-37-66-64(43-50)72(58-24-18-19-25-65(58)74-66)61-40-46(69(7,8)9)28-34-54(61)55-35-29-47(41-62(55)72)70(10,11)12/h13-43H,1-12H3. The Hall–Kier alpha value is -7.42. The second-order valence-corrected chi connectivity index (χ2v) is 25.8. The maximum Gasteiger partial charge on any atom is 0.132 e. The van der Waals surface area contributed by atoms with Gasteiger partial charge in [-0.3, -0.25) is 0 Å². The zero-order chi connectivity index (χ0) is 51.5. The highest BCUT2D eigenvalue weighted by Crippen LogP contribution is 2.66. The van der Waals surface area contributed by atoms with Gasteiger partial charge >= 0.3 is 0 Å². The zero-order valence-corrected chi connectivity index (χ0v) is 45.3. The van der Waals surface area contributed by atoms with Crippen molar-refractivity contribution in [3.63, 3.8) is 0 Å². The lowest BCUT2D eigenvalue weighted by atomic mass is 9.65. The molecule has 1 heterocycles. The van der Waals surface area contributed by atoms with Crippen molar-refractivity contribution in [3.05, 3.63) is 255 Å². The molecule has 4 aliphatic rings. The Bertz CT molecular complexity index is 3680. The van der Waals surface area contributed by atoms with Gasteiger partial charge in [-0.05, 0) is 159 Å². The summed E-state index contributed by atoms with van der Waals surface area (Å²) in [5.74, 6) is 1.78. The number of para-hydroxylation sites is 2. The van der Waals surface area contributed by atoms with Gasteiger partial charge in [0.25, 0.3) is 0 Å². The van der Waals surface area contributed by atoms with Crippen LogP contribution in [-0.4, -0.2) is 0 Å². The third-order valence-electron chi connectivity index (χ3n) is 17.2. The molecule has 0 saturated heterocycles. The van der Waals surface area contributed by atoms with Crippen LogP contribution in [0.3, 0.4) is 0 Å². The summed E-state index contributed by atoms with van der Waals surface area (Å²) < 4.78 is 7.11.